The number of thiocarbonyl (C=S) groups is 1. The fraction of sp³-hybridized carbons (Fsp3) is 0.241. The molecule has 1 N–H and O–H groups in total. The first-order valence-corrected chi connectivity index (χ1v) is 12.4. The highest BCUT2D eigenvalue weighted by Crippen LogP contribution is 2.46. The Bertz CT molecular complexity index is 1370. The van der Waals surface area contributed by atoms with E-state index in [1.54, 1.807) is 14.2 Å². The number of benzene rings is 2. The summed E-state index contributed by atoms with van der Waals surface area (Å²) in [6.07, 6.45) is 1.82. The zero-order valence-corrected chi connectivity index (χ0v) is 21.8. The molecule has 0 aliphatic carbocycles. The predicted octanol–water partition coefficient (Wildman–Crippen LogP) is 5.74. The summed E-state index contributed by atoms with van der Waals surface area (Å²) in [7, 11) is 3.34. The molecule has 1 saturated heterocycles. The third kappa shape index (κ3) is 4.31. The largest absolute Gasteiger partial charge is 0.497 e. The van der Waals surface area contributed by atoms with Gasteiger partial charge in [-0.15, -0.1) is 0 Å². The van der Waals surface area contributed by atoms with Gasteiger partial charge < -0.3 is 24.3 Å². The number of pyridine rings is 1. The van der Waals surface area contributed by atoms with Crippen LogP contribution in [0.5, 0.6) is 11.5 Å². The Hall–Kier alpha value is -3.84. The molecule has 5 rings (SSSR count). The summed E-state index contributed by atoms with van der Waals surface area (Å²) >= 11 is 5.94. The molecule has 0 unspecified atom stereocenters. The van der Waals surface area contributed by atoms with Gasteiger partial charge in [-0.05, 0) is 67.5 Å². The Balaban J connectivity index is 1.66. The van der Waals surface area contributed by atoms with Gasteiger partial charge in [-0.25, -0.2) is 0 Å². The van der Waals surface area contributed by atoms with Crippen LogP contribution in [0.4, 0.5) is 5.69 Å². The maximum atomic E-state index is 5.94. The van der Waals surface area contributed by atoms with Gasteiger partial charge >= 0.3 is 0 Å². The van der Waals surface area contributed by atoms with Crippen molar-refractivity contribution in [2.45, 2.75) is 32.5 Å². The first-order chi connectivity index (χ1) is 17.5. The maximum absolute atomic E-state index is 5.94. The van der Waals surface area contributed by atoms with Crippen molar-refractivity contribution in [3.8, 4) is 11.5 Å². The van der Waals surface area contributed by atoms with Gasteiger partial charge in [-0.2, -0.15) is 0 Å². The van der Waals surface area contributed by atoms with E-state index in [-0.39, 0.29) is 12.1 Å². The lowest BCUT2D eigenvalue weighted by molar-refractivity contribution is 0.403. The smallest absolute Gasteiger partial charge is 0.174 e. The monoisotopic (exact) mass is 498 g/mol. The number of hydrogen-bond donors (Lipinski definition) is 1. The minimum atomic E-state index is -0.139. The number of aryl methyl sites for hydroxylation is 1. The number of hydrogen-bond acceptors (Lipinski definition) is 4. The SMILES string of the molecule is COc1ccc(OC)c(N2C(=S)N[C@H](c3ccccn3)[C@@H]2c2cc(C)n(Cc3ccccc3)c2C)c1. The molecule has 1 fully saturated rings. The van der Waals surface area contributed by atoms with Crippen molar-refractivity contribution < 1.29 is 9.47 Å². The number of nitrogens with one attached hydrogen (secondary N) is 1. The molecule has 2 aromatic heterocycles. The summed E-state index contributed by atoms with van der Waals surface area (Å²) in [5.41, 5.74) is 6.63. The van der Waals surface area contributed by atoms with Gasteiger partial charge in [0.05, 0.1) is 37.7 Å². The second-order valence-corrected chi connectivity index (χ2v) is 9.32. The van der Waals surface area contributed by atoms with E-state index in [9.17, 15) is 0 Å². The molecule has 1 aliphatic heterocycles. The van der Waals surface area contributed by atoms with E-state index < -0.39 is 0 Å². The highest BCUT2D eigenvalue weighted by Gasteiger charge is 2.43. The number of methoxy groups -OCH3 is 2. The fourth-order valence-electron chi connectivity index (χ4n) is 5.05. The molecular formula is C29H30N4O2S. The lowest BCUT2D eigenvalue weighted by Crippen LogP contribution is -2.30. The van der Waals surface area contributed by atoms with E-state index in [1.165, 1.54) is 22.5 Å². The Kier molecular flexibility index (Phi) is 6.65. The van der Waals surface area contributed by atoms with Gasteiger partial charge in [-0.1, -0.05) is 36.4 Å². The highest BCUT2D eigenvalue weighted by molar-refractivity contribution is 7.80. The van der Waals surface area contributed by atoms with Gasteiger partial charge in [0.2, 0.25) is 0 Å². The van der Waals surface area contributed by atoms with E-state index in [0.717, 1.165) is 29.4 Å². The number of ether oxygens (including phenoxy) is 2. The predicted molar refractivity (Wildman–Crippen MR) is 147 cm³/mol. The van der Waals surface area contributed by atoms with Crippen LogP contribution in [-0.2, 0) is 6.54 Å². The molecule has 0 amide bonds. The molecule has 2 aromatic carbocycles. The Morgan fingerprint density at radius 3 is 2.42 bits per heavy atom. The minimum Gasteiger partial charge on any atom is -0.497 e. The van der Waals surface area contributed by atoms with Crippen molar-refractivity contribution >= 4 is 23.0 Å². The van der Waals surface area contributed by atoms with Crippen LogP contribution in [-0.4, -0.2) is 28.9 Å². The molecule has 0 bridgehead atoms. The van der Waals surface area contributed by atoms with Gasteiger partial charge in [0.25, 0.3) is 0 Å². The molecule has 0 radical (unpaired) electrons. The van der Waals surface area contributed by atoms with E-state index >= 15 is 0 Å². The first-order valence-electron chi connectivity index (χ1n) is 11.9. The van der Waals surface area contributed by atoms with E-state index in [1.807, 2.05) is 48.7 Å². The second-order valence-electron chi connectivity index (χ2n) is 8.93. The lowest BCUT2D eigenvalue weighted by Gasteiger charge is -2.29. The third-order valence-electron chi connectivity index (χ3n) is 6.86. The molecule has 7 heteroatoms. The molecular weight excluding hydrogens is 468 g/mol. The molecule has 184 valence electrons. The van der Waals surface area contributed by atoms with Crippen molar-refractivity contribution in [3.63, 3.8) is 0 Å². The average molecular weight is 499 g/mol. The lowest BCUT2D eigenvalue weighted by atomic mass is 9.96. The van der Waals surface area contributed by atoms with Crippen molar-refractivity contribution in [2.75, 3.05) is 19.1 Å². The Labute approximate surface area is 217 Å². The minimum absolute atomic E-state index is 0.135. The van der Waals surface area contributed by atoms with Crippen molar-refractivity contribution in [2.24, 2.45) is 0 Å². The number of aromatic nitrogens is 2. The van der Waals surface area contributed by atoms with Crippen molar-refractivity contribution in [3.05, 3.63) is 107 Å². The summed E-state index contributed by atoms with van der Waals surface area (Å²) in [6.45, 7) is 5.15. The van der Waals surface area contributed by atoms with Gasteiger partial charge in [0.15, 0.2) is 5.11 Å². The van der Waals surface area contributed by atoms with Gasteiger partial charge in [0, 0.05) is 30.2 Å². The summed E-state index contributed by atoms with van der Waals surface area (Å²) in [6, 6.07) is 24.3. The fourth-order valence-corrected chi connectivity index (χ4v) is 5.39. The van der Waals surface area contributed by atoms with E-state index in [4.69, 9.17) is 26.7 Å². The van der Waals surface area contributed by atoms with E-state index in [2.05, 4.69) is 59.0 Å². The third-order valence-corrected chi connectivity index (χ3v) is 7.17. The zero-order valence-electron chi connectivity index (χ0n) is 20.9. The quantitative estimate of drug-likeness (QED) is 0.328. The second kappa shape index (κ2) is 10.0. The number of anilines is 1. The van der Waals surface area contributed by atoms with Crippen LogP contribution in [0.15, 0.2) is 79.0 Å². The van der Waals surface area contributed by atoms with Crippen LogP contribution in [0.1, 0.15) is 40.3 Å². The molecule has 36 heavy (non-hydrogen) atoms. The molecule has 2 atom stereocenters. The average Bonchev–Trinajstić information content (AvgIpc) is 3.40. The standard InChI is InChI=1S/C29H30N4O2S/c1-19-16-23(20(2)32(19)18-21-10-6-5-7-11-21)28-27(24-12-8-9-15-30-24)31-29(36)33(28)25-17-22(34-3)13-14-26(25)35-4/h5-17,27-28H,18H2,1-4H3,(H,31,36)/t27-,28+/m1/s1. The summed E-state index contributed by atoms with van der Waals surface area (Å²) in [4.78, 5) is 6.83. The number of nitrogens with zero attached hydrogens (tertiary/aromatic N) is 3. The molecule has 0 spiro atoms. The molecule has 4 aromatic rings. The van der Waals surface area contributed by atoms with Crippen LogP contribution < -0.4 is 19.7 Å². The number of rotatable bonds is 7. The van der Waals surface area contributed by atoms with Crippen molar-refractivity contribution in [1.29, 1.82) is 0 Å². The van der Waals surface area contributed by atoms with Crippen molar-refractivity contribution in [1.82, 2.24) is 14.9 Å². The Morgan fingerprint density at radius 2 is 1.72 bits per heavy atom. The van der Waals surface area contributed by atoms with Crippen LogP contribution in [0.25, 0.3) is 0 Å². The van der Waals surface area contributed by atoms with Gasteiger partial charge in [-0.3, -0.25) is 4.98 Å². The summed E-state index contributed by atoms with van der Waals surface area (Å²) in [5.74, 6) is 1.47. The normalized spacial score (nSPS) is 17.2. The van der Waals surface area contributed by atoms with Crippen LogP contribution in [0.3, 0.4) is 0 Å². The zero-order chi connectivity index (χ0) is 25.2. The van der Waals surface area contributed by atoms with Crippen LogP contribution >= 0.6 is 12.2 Å². The van der Waals surface area contributed by atoms with Crippen LogP contribution in [0.2, 0.25) is 0 Å². The molecule has 6 nitrogen and oxygen atoms in total. The highest BCUT2D eigenvalue weighted by atomic mass is 32.1. The first kappa shape index (κ1) is 23.9. The van der Waals surface area contributed by atoms with Crippen LogP contribution in [0, 0.1) is 13.8 Å². The van der Waals surface area contributed by atoms with Gasteiger partial charge in [0.1, 0.15) is 11.5 Å². The van der Waals surface area contributed by atoms with E-state index in [0.29, 0.717) is 5.11 Å². The topological polar surface area (TPSA) is 51.6 Å². The Morgan fingerprint density at radius 1 is 0.944 bits per heavy atom. The summed E-state index contributed by atoms with van der Waals surface area (Å²) < 4.78 is 13.7. The molecule has 3 heterocycles. The molecule has 1 aliphatic rings. The maximum Gasteiger partial charge on any atom is 0.174 e. The molecule has 0 saturated carbocycles. The summed E-state index contributed by atoms with van der Waals surface area (Å²) in [5, 5.41) is 4.17.